The van der Waals surface area contributed by atoms with Crippen LogP contribution in [0.2, 0.25) is 0 Å². The standard InChI is InChI=1S/C8H11N5O2/c14-6-2-1-5(3-9-6)12-8(15)7-10-4-11-13-7/h4-5H,1-3H2,(H,9,14)(H,12,15)(H,10,11,13). The molecular formula is C8H11N5O2. The van der Waals surface area contributed by atoms with Crippen molar-refractivity contribution in [2.24, 2.45) is 0 Å². The van der Waals surface area contributed by atoms with E-state index >= 15 is 0 Å². The lowest BCUT2D eigenvalue weighted by atomic mass is 10.1. The van der Waals surface area contributed by atoms with Gasteiger partial charge in [0.1, 0.15) is 6.33 Å². The summed E-state index contributed by atoms with van der Waals surface area (Å²) in [5.74, 6) is -0.0827. The van der Waals surface area contributed by atoms with Gasteiger partial charge in [0.15, 0.2) is 0 Å². The van der Waals surface area contributed by atoms with Crippen LogP contribution in [0.1, 0.15) is 23.5 Å². The molecule has 15 heavy (non-hydrogen) atoms. The fraction of sp³-hybridized carbons (Fsp3) is 0.500. The second-order valence-electron chi connectivity index (χ2n) is 3.35. The molecule has 0 radical (unpaired) electrons. The molecule has 0 bridgehead atoms. The molecule has 0 saturated carbocycles. The average molecular weight is 209 g/mol. The normalized spacial score (nSPS) is 20.8. The predicted molar refractivity (Wildman–Crippen MR) is 49.9 cm³/mol. The van der Waals surface area contributed by atoms with Crippen LogP contribution in [-0.2, 0) is 4.79 Å². The Labute approximate surface area is 85.7 Å². The summed E-state index contributed by atoms with van der Waals surface area (Å²) in [7, 11) is 0. The summed E-state index contributed by atoms with van der Waals surface area (Å²) < 4.78 is 0. The molecule has 2 heterocycles. The number of amides is 2. The molecule has 2 rings (SSSR count). The first kappa shape index (κ1) is 9.63. The van der Waals surface area contributed by atoms with E-state index in [0.717, 1.165) is 0 Å². The van der Waals surface area contributed by atoms with Crippen molar-refractivity contribution in [2.45, 2.75) is 18.9 Å². The Kier molecular flexibility index (Phi) is 2.61. The van der Waals surface area contributed by atoms with Crippen molar-refractivity contribution in [1.82, 2.24) is 25.8 Å². The van der Waals surface area contributed by atoms with Crippen molar-refractivity contribution in [3.63, 3.8) is 0 Å². The van der Waals surface area contributed by atoms with Gasteiger partial charge in [-0.05, 0) is 6.42 Å². The van der Waals surface area contributed by atoms with Gasteiger partial charge in [-0.1, -0.05) is 0 Å². The number of aromatic nitrogens is 3. The van der Waals surface area contributed by atoms with Crippen molar-refractivity contribution in [3.05, 3.63) is 12.2 Å². The molecule has 0 aromatic carbocycles. The van der Waals surface area contributed by atoms with E-state index in [9.17, 15) is 9.59 Å². The Hall–Kier alpha value is -1.92. The molecule has 1 aromatic rings. The van der Waals surface area contributed by atoms with Crippen LogP contribution >= 0.6 is 0 Å². The summed E-state index contributed by atoms with van der Waals surface area (Å²) in [4.78, 5) is 26.1. The highest BCUT2D eigenvalue weighted by atomic mass is 16.2. The summed E-state index contributed by atoms with van der Waals surface area (Å²) >= 11 is 0. The Bertz CT molecular complexity index is 351. The topological polar surface area (TPSA) is 99.8 Å². The maximum atomic E-state index is 11.5. The maximum Gasteiger partial charge on any atom is 0.288 e. The van der Waals surface area contributed by atoms with Crippen LogP contribution in [0.25, 0.3) is 0 Å². The minimum Gasteiger partial charge on any atom is -0.354 e. The van der Waals surface area contributed by atoms with Gasteiger partial charge in [-0.15, -0.1) is 0 Å². The quantitative estimate of drug-likeness (QED) is 0.570. The third kappa shape index (κ3) is 2.30. The molecule has 1 saturated heterocycles. The average Bonchev–Trinajstić information content (AvgIpc) is 2.74. The Morgan fingerprint density at radius 3 is 3.07 bits per heavy atom. The molecule has 7 nitrogen and oxygen atoms in total. The van der Waals surface area contributed by atoms with Crippen LogP contribution in [0.4, 0.5) is 0 Å². The number of rotatable bonds is 2. The van der Waals surface area contributed by atoms with Gasteiger partial charge in [0.25, 0.3) is 5.91 Å². The van der Waals surface area contributed by atoms with Crippen molar-refractivity contribution in [1.29, 1.82) is 0 Å². The Morgan fingerprint density at radius 2 is 2.47 bits per heavy atom. The second-order valence-corrected chi connectivity index (χ2v) is 3.35. The first-order valence-corrected chi connectivity index (χ1v) is 4.68. The van der Waals surface area contributed by atoms with E-state index in [1.807, 2.05) is 0 Å². The van der Waals surface area contributed by atoms with Gasteiger partial charge < -0.3 is 10.6 Å². The maximum absolute atomic E-state index is 11.5. The summed E-state index contributed by atoms with van der Waals surface area (Å²) in [6.07, 6.45) is 2.38. The first-order chi connectivity index (χ1) is 7.25. The fourth-order valence-electron chi connectivity index (χ4n) is 1.42. The summed E-state index contributed by atoms with van der Waals surface area (Å²) in [6, 6.07) is -0.0275. The molecule has 2 amide bonds. The van der Waals surface area contributed by atoms with Gasteiger partial charge >= 0.3 is 0 Å². The lowest BCUT2D eigenvalue weighted by molar-refractivity contribution is -0.122. The van der Waals surface area contributed by atoms with Crippen LogP contribution < -0.4 is 10.6 Å². The number of hydrogen-bond acceptors (Lipinski definition) is 4. The van der Waals surface area contributed by atoms with Gasteiger partial charge in [-0.3, -0.25) is 14.7 Å². The monoisotopic (exact) mass is 209 g/mol. The van der Waals surface area contributed by atoms with E-state index in [4.69, 9.17) is 0 Å². The molecule has 0 aliphatic carbocycles. The van der Waals surface area contributed by atoms with Crippen molar-refractivity contribution >= 4 is 11.8 Å². The van der Waals surface area contributed by atoms with E-state index in [1.165, 1.54) is 6.33 Å². The third-order valence-electron chi connectivity index (χ3n) is 2.23. The van der Waals surface area contributed by atoms with E-state index in [0.29, 0.717) is 19.4 Å². The number of hydrogen-bond donors (Lipinski definition) is 3. The Morgan fingerprint density at radius 1 is 1.60 bits per heavy atom. The van der Waals surface area contributed by atoms with Crippen LogP contribution in [-0.4, -0.2) is 39.6 Å². The molecular weight excluding hydrogens is 198 g/mol. The number of carbonyl (C=O) groups excluding carboxylic acids is 2. The van der Waals surface area contributed by atoms with Crippen LogP contribution in [0.5, 0.6) is 0 Å². The number of aromatic amines is 1. The lowest BCUT2D eigenvalue weighted by Gasteiger charge is -2.22. The zero-order valence-electron chi connectivity index (χ0n) is 7.99. The highest BCUT2D eigenvalue weighted by Crippen LogP contribution is 2.03. The number of nitrogens with zero attached hydrogens (tertiary/aromatic N) is 2. The van der Waals surface area contributed by atoms with Crippen LogP contribution in [0.15, 0.2) is 6.33 Å². The summed E-state index contributed by atoms with van der Waals surface area (Å²) in [5, 5.41) is 11.5. The minimum atomic E-state index is -0.298. The van der Waals surface area contributed by atoms with Gasteiger partial charge in [0.2, 0.25) is 11.7 Å². The second kappa shape index (κ2) is 4.07. The van der Waals surface area contributed by atoms with Crippen molar-refractivity contribution in [2.75, 3.05) is 6.54 Å². The molecule has 1 unspecified atom stereocenters. The van der Waals surface area contributed by atoms with Gasteiger partial charge in [-0.2, -0.15) is 5.10 Å². The Balaban J connectivity index is 1.87. The molecule has 0 spiro atoms. The SMILES string of the molecule is O=C1CCC(NC(=O)c2ncn[nH]2)CN1. The molecule has 1 atom stereocenters. The van der Waals surface area contributed by atoms with Crippen molar-refractivity contribution in [3.8, 4) is 0 Å². The first-order valence-electron chi connectivity index (χ1n) is 4.68. The third-order valence-corrected chi connectivity index (χ3v) is 2.23. The number of piperidine rings is 1. The zero-order valence-corrected chi connectivity index (χ0v) is 7.99. The van der Waals surface area contributed by atoms with Crippen LogP contribution in [0, 0.1) is 0 Å². The fourth-order valence-corrected chi connectivity index (χ4v) is 1.42. The van der Waals surface area contributed by atoms with Gasteiger partial charge in [-0.25, -0.2) is 4.98 Å². The van der Waals surface area contributed by atoms with Crippen LogP contribution in [0.3, 0.4) is 0 Å². The number of H-pyrrole nitrogens is 1. The zero-order chi connectivity index (χ0) is 10.7. The predicted octanol–water partition coefficient (Wildman–Crippen LogP) is -1.19. The van der Waals surface area contributed by atoms with E-state index in [1.54, 1.807) is 0 Å². The van der Waals surface area contributed by atoms with E-state index < -0.39 is 0 Å². The smallest absolute Gasteiger partial charge is 0.288 e. The summed E-state index contributed by atoms with van der Waals surface area (Å²) in [6.45, 7) is 0.471. The lowest BCUT2D eigenvalue weighted by Crippen LogP contribution is -2.47. The minimum absolute atomic E-state index is 0.0275. The number of carbonyl (C=O) groups is 2. The van der Waals surface area contributed by atoms with Gasteiger partial charge in [0, 0.05) is 19.0 Å². The molecule has 1 fully saturated rings. The highest BCUT2D eigenvalue weighted by Gasteiger charge is 2.20. The highest BCUT2D eigenvalue weighted by molar-refractivity contribution is 5.90. The van der Waals surface area contributed by atoms with Crippen molar-refractivity contribution < 1.29 is 9.59 Å². The number of nitrogens with one attached hydrogen (secondary N) is 3. The largest absolute Gasteiger partial charge is 0.354 e. The molecule has 80 valence electrons. The van der Waals surface area contributed by atoms with E-state index in [-0.39, 0.29) is 23.7 Å². The molecule has 3 N–H and O–H groups in total. The van der Waals surface area contributed by atoms with E-state index in [2.05, 4.69) is 25.8 Å². The van der Waals surface area contributed by atoms with Gasteiger partial charge in [0.05, 0.1) is 0 Å². The molecule has 1 aromatic heterocycles. The molecule has 7 heteroatoms. The molecule has 1 aliphatic rings. The summed E-state index contributed by atoms with van der Waals surface area (Å²) in [5.41, 5.74) is 0. The molecule has 1 aliphatic heterocycles.